The zero-order valence-electron chi connectivity index (χ0n) is 21.8. The molecule has 38 heavy (non-hydrogen) atoms. The van der Waals surface area contributed by atoms with E-state index in [-0.39, 0.29) is 17.3 Å². The standard InChI is InChI=1S/C28H31NO8S/c1-20-8-10-25(35-20)24-7-5-6-22(18-24)12-16-38(32,33)17-13-23-9-11-26(36-21(2)30)27(19-23)37-28(31)29(3)14-15-34-4/h5-11,13,17-19H,12,14-16H2,1-4H3. The number of aryl methyl sites for hydroxylation is 2. The Bertz CT molecular complexity index is 1410. The van der Waals surface area contributed by atoms with Crippen molar-refractivity contribution >= 4 is 28.0 Å². The Balaban J connectivity index is 1.71. The SMILES string of the molecule is COCCN(C)C(=O)Oc1cc(C=CS(=O)(=O)CCc2cccc(-c3ccc(C)o3)c2)ccc1OC(C)=O. The summed E-state index contributed by atoms with van der Waals surface area (Å²) in [6, 6.07) is 15.7. The van der Waals surface area contributed by atoms with Crippen molar-refractivity contribution in [2.24, 2.45) is 0 Å². The number of hydrogen-bond acceptors (Lipinski definition) is 8. The maximum Gasteiger partial charge on any atom is 0.415 e. The van der Waals surface area contributed by atoms with Crippen molar-refractivity contribution in [1.29, 1.82) is 0 Å². The van der Waals surface area contributed by atoms with Gasteiger partial charge in [-0.15, -0.1) is 0 Å². The lowest BCUT2D eigenvalue weighted by atomic mass is 10.1. The first-order valence-electron chi connectivity index (χ1n) is 11.9. The fourth-order valence-electron chi connectivity index (χ4n) is 3.42. The summed E-state index contributed by atoms with van der Waals surface area (Å²) < 4.78 is 46.6. The van der Waals surface area contributed by atoms with Crippen LogP contribution in [0.25, 0.3) is 17.4 Å². The first-order chi connectivity index (χ1) is 18.1. The summed E-state index contributed by atoms with van der Waals surface area (Å²) in [6.45, 7) is 3.70. The van der Waals surface area contributed by atoms with Crippen LogP contribution >= 0.6 is 0 Å². The average molecular weight is 542 g/mol. The number of benzene rings is 2. The van der Waals surface area contributed by atoms with E-state index in [4.69, 9.17) is 18.6 Å². The zero-order chi connectivity index (χ0) is 27.7. The molecule has 1 aromatic heterocycles. The largest absolute Gasteiger partial charge is 0.461 e. The Hall–Kier alpha value is -3.89. The van der Waals surface area contributed by atoms with E-state index in [1.165, 1.54) is 44.2 Å². The molecule has 0 radical (unpaired) electrons. The van der Waals surface area contributed by atoms with Crippen molar-refractivity contribution in [2.45, 2.75) is 20.3 Å². The summed E-state index contributed by atoms with van der Waals surface area (Å²) in [7, 11) is -0.509. The predicted octanol–water partition coefficient (Wildman–Crippen LogP) is 4.89. The Labute approximate surface area is 222 Å². The van der Waals surface area contributed by atoms with Crippen LogP contribution in [0.15, 0.2) is 64.4 Å². The van der Waals surface area contributed by atoms with Crippen LogP contribution in [0.5, 0.6) is 11.5 Å². The molecular formula is C28H31NO8S. The second kappa shape index (κ2) is 13.1. The molecule has 9 nitrogen and oxygen atoms in total. The number of carbonyl (C=O) groups is 2. The topological polar surface area (TPSA) is 112 Å². The molecule has 2 aromatic carbocycles. The molecule has 3 aromatic rings. The second-order valence-corrected chi connectivity index (χ2v) is 10.6. The molecule has 0 aliphatic heterocycles. The van der Waals surface area contributed by atoms with Crippen LogP contribution in [0.4, 0.5) is 4.79 Å². The van der Waals surface area contributed by atoms with Crippen LogP contribution < -0.4 is 9.47 Å². The number of amides is 1. The van der Waals surface area contributed by atoms with Gasteiger partial charge in [-0.05, 0) is 60.9 Å². The van der Waals surface area contributed by atoms with E-state index in [1.807, 2.05) is 43.3 Å². The van der Waals surface area contributed by atoms with Gasteiger partial charge in [0.2, 0.25) is 0 Å². The molecule has 10 heteroatoms. The van der Waals surface area contributed by atoms with Crippen LogP contribution in [0, 0.1) is 6.92 Å². The van der Waals surface area contributed by atoms with Gasteiger partial charge in [0.05, 0.1) is 12.4 Å². The molecule has 0 aliphatic carbocycles. The van der Waals surface area contributed by atoms with E-state index in [0.717, 1.165) is 28.1 Å². The van der Waals surface area contributed by atoms with Crippen LogP contribution in [-0.4, -0.2) is 58.4 Å². The number of carbonyl (C=O) groups excluding carboxylic acids is 2. The molecule has 0 N–H and O–H groups in total. The van der Waals surface area contributed by atoms with Crippen molar-refractivity contribution in [1.82, 2.24) is 4.90 Å². The lowest BCUT2D eigenvalue weighted by Crippen LogP contribution is -2.32. The van der Waals surface area contributed by atoms with Gasteiger partial charge in [-0.25, -0.2) is 13.2 Å². The molecule has 0 unspecified atom stereocenters. The van der Waals surface area contributed by atoms with Gasteiger partial charge < -0.3 is 23.5 Å². The molecule has 202 valence electrons. The summed E-state index contributed by atoms with van der Waals surface area (Å²) in [6.07, 6.45) is 1.04. The minimum atomic E-state index is -3.56. The second-order valence-electron chi connectivity index (χ2n) is 8.61. The van der Waals surface area contributed by atoms with E-state index < -0.39 is 21.9 Å². The summed E-state index contributed by atoms with van der Waals surface area (Å²) in [5.41, 5.74) is 2.19. The number of sulfone groups is 1. The van der Waals surface area contributed by atoms with Crippen LogP contribution in [0.2, 0.25) is 0 Å². The summed E-state index contributed by atoms with van der Waals surface area (Å²) in [5, 5.41) is 1.11. The Morgan fingerprint density at radius 1 is 1.03 bits per heavy atom. The molecule has 0 aliphatic rings. The van der Waals surface area contributed by atoms with Gasteiger partial charge in [-0.2, -0.15) is 0 Å². The third-order valence-electron chi connectivity index (χ3n) is 5.46. The number of esters is 1. The smallest absolute Gasteiger partial charge is 0.415 e. The van der Waals surface area contributed by atoms with Gasteiger partial charge in [0, 0.05) is 38.6 Å². The molecule has 0 atom stereocenters. The van der Waals surface area contributed by atoms with Crippen molar-refractivity contribution in [3.8, 4) is 22.8 Å². The molecule has 0 saturated heterocycles. The number of likely N-dealkylation sites (N-methyl/N-ethyl adjacent to an activating group) is 1. The van der Waals surface area contributed by atoms with Gasteiger partial charge in [0.1, 0.15) is 11.5 Å². The number of rotatable bonds is 11. The monoisotopic (exact) mass is 541 g/mol. The molecule has 1 heterocycles. The van der Waals surface area contributed by atoms with Crippen LogP contribution in [-0.2, 0) is 25.8 Å². The number of furan rings is 1. The third kappa shape index (κ3) is 8.60. The van der Waals surface area contributed by atoms with E-state index >= 15 is 0 Å². The predicted molar refractivity (Wildman–Crippen MR) is 144 cm³/mol. The molecule has 0 spiro atoms. The van der Waals surface area contributed by atoms with Crippen LogP contribution in [0.3, 0.4) is 0 Å². The van der Waals surface area contributed by atoms with Gasteiger partial charge >= 0.3 is 12.1 Å². The molecule has 0 saturated carbocycles. The molecule has 0 fully saturated rings. The lowest BCUT2D eigenvalue weighted by molar-refractivity contribution is -0.132. The third-order valence-corrected chi connectivity index (χ3v) is 6.78. The molecule has 3 rings (SSSR count). The average Bonchev–Trinajstić information content (AvgIpc) is 3.32. The Morgan fingerprint density at radius 2 is 1.82 bits per heavy atom. The summed E-state index contributed by atoms with van der Waals surface area (Å²) in [5.74, 6) is 0.867. The molecular weight excluding hydrogens is 510 g/mol. The van der Waals surface area contributed by atoms with E-state index in [9.17, 15) is 18.0 Å². The van der Waals surface area contributed by atoms with Crippen molar-refractivity contribution in [2.75, 3.05) is 33.1 Å². The number of hydrogen-bond donors (Lipinski definition) is 0. The lowest BCUT2D eigenvalue weighted by Gasteiger charge is -2.17. The maximum atomic E-state index is 12.7. The highest BCUT2D eigenvalue weighted by Gasteiger charge is 2.16. The normalized spacial score (nSPS) is 11.5. The first-order valence-corrected chi connectivity index (χ1v) is 13.6. The highest BCUT2D eigenvalue weighted by atomic mass is 32.2. The fraction of sp³-hybridized carbons (Fsp3) is 0.286. The van der Waals surface area contributed by atoms with Crippen LogP contribution in [0.1, 0.15) is 23.8 Å². The fourth-order valence-corrected chi connectivity index (χ4v) is 4.44. The van der Waals surface area contributed by atoms with Crippen molar-refractivity contribution in [3.05, 3.63) is 76.9 Å². The van der Waals surface area contributed by atoms with Gasteiger partial charge in [0.15, 0.2) is 21.3 Å². The van der Waals surface area contributed by atoms with Gasteiger partial charge in [-0.3, -0.25) is 4.79 Å². The number of nitrogens with zero attached hydrogens (tertiary/aromatic N) is 1. The maximum absolute atomic E-state index is 12.7. The highest BCUT2D eigenvalue weighted by Crippen LogP contribution is 2.30. The minimum Gasteiger partial charge on any atom is -0.461 e. The first kappa shape index (κ1) is 28.7. The number of methoxy groups -OCH3 is 1. The highest BCUT2D eigenvalue weighted by molar-refractivity contribution is 7.94. The quantitative estimate of drug-likeness (QED) is 0.249. The van der Waals surface area contributed by atoms with Crippen molar-refractivity contribution in [3.63, 3.8) is 0 Å². The van der Waals surface area contributed by atoms with E-state index in [2.05, 4.69) is 0 Å². The summed E-state index contributed by atoms with van der Waals surface area (Å²) >= 11 is 0. The van der Waals surface area contributed by atoms with Gasteiger partial charge in [0.25, 0.3) is 0 Å². The Kier molecular flexibility index (Phi) is 9.86. The Morgan fingerprint density at radius 3 is 2.50 bits per heavy atom. The zero-order valence-corrected chi connectivity index (χ0v) is 22.6. The van der Waals surface area contributed by atoms with Crippen molar-refractivity contribution < 1.29 is 36.6 Å². The number of ether oxygens (including phenoxy) is 3. The van der Waals surface area contributed by atoms with E-state index in [1.54, 1.807) is 6.07 Å². The molecule has 0 bridgehead atoms. The summed E-state index contributed by atoms with van der Waals surface area (Å²) in [4.78, 5) is 25.2. The molecule has 1 amide bonds. The van der Waals surface area contributed by atoms with Gasteiger partial charge in [-0.1, -0.05) is 24.3 Å². The van der Waals surface area contributed by atoms with E-state index in [0.29, 0.717) is 25.1 Å². The minimum absolute atomic E-state index is 0.0148.